The molecule has 0 radical (unpaired) electrons. The first-order valence-corrected chi connectivity index (χ1v) is 7.85. The SMILES string of the molecule is O=C1CCCN1CN1CCC(Cc2ccccc2)CC1. The molecule has 3 heteroatoms. The fraction of sp³-hybridized carbons (Fsp3) is 0.588. The van der Waals surface area contributed by atoms with Gasteiger partial charge in [-0.3, -0.25) is 9.69 Å². The minimum atomic E-state index is 0.344. The van der Waals surface area contributed by atoms with Crippen LogP contribution in [-0.4, -0.2) is 42.0 Å². The predicted octanol–water partition coefficient (Wildman–Crippen LogP) is 2.52. The molecular weight excluding hydrogens is 248 g/mol. The Labute approximate surface area is 121 Å². The Morgan fingerprint density at radius 3 is 2.45 bits per heavy atom. The van der Waals surface area contributed by atoms with E-state index < -0.39 is 0 Å². The highest BCUT2D eigenvalue weighted by molar-refractivity contribution is 5.77. The summed E-state index contributed by atoms with van der Waals surface area (Å²) >= 11 is 0. The van der Waals surface area contributed by atoms with E-state index in [2.05, 4.69) is 35.2 Å². The third-order valence-corrected chi connectivity index (χ3v) is 4.62. The van der Waals surface area contributed by atoms with E-state index in [0.29, 0.717) is 5.91 Å². The highest BCUT2D eigenvalue weighted by atomic mass is 16.2. The van der Waals surface area contributed by atoms with Crippen molar-refractivity contribution in [3.63, 3.8) is 0 Å². The number of piperidine rings is 1. The summed E-state index contributed by atoms with van der Waals surface area (Å²) in [6.45, 7) is 4.10. The van der Waals surface area contributed by atoms with Crippen LogP contribution in [0, 0.1) is 5.92 Å². The van der Waals surface area contributed by atoms with E-state index in [9.17, 15) is 4.79 Å². The van der Waals surface area contributed by atoms with Gasteiger partial charge in [0.1, 0.15) is 0 Å². The summed E-state index contributed by atoms with van der Waals surface area (Å²) in [5.74, 6) is 1.15. The summed E-state index contributed by atoms with van der Waals surface area (Å²) in [4.78, 5) is 16.1. The number of likely N-dealkylation sites (tertiary alicyclic amines) is 2. The molecule has 0 unspecified atom stereocenters. The lowest BCUT2D eigenvalue weighted by Crippen LogP contribution is -2.43. The van der Waals surface area contributed by atoms with Crippen LogP contribution in [0.1, 0.15) is 31.2 Å². The molecule has 2 fully saturated rings. The van der Waals surface area contributed by atoms with Gasteiger partial charge in [-0.25, -0.2) is 0 Å². The number of nitrogens with zero attached hydrogens (tertiary/aromatic N) is 2. The first-order chi connectivity index (χ1) is 9.81. The Kier molecular flexibility index (Phi) is 4.36. The van der Waals surface area contributed by atoms with Gasteiger partial charge in [0.25, 0.3) is 0 Å². The van der Waals surface area contributed by atoms with E-state index in [-0.39, 0.29) is 0 Å². The molecule has 108 valence electrons. The molecule has 20 heavy (non-hydrogen) atoms. The molecule has 1 aromatic carbocycles. The van der Waals surface area contributed by atoms with Gasteiger partial charge in [-0.1, -0.05) is 30.3 Å². The number of benzene rings is 1. The molecule has 2 aliphatic rings. The Bertz CT molecular complexity index is 438. The minimum Gasteiger partial charge on any atom is -0.330 e. The van der Waals surface area contributed by atoms with Gasteiger partial charge in [-0.05, 0) is 37.2 Å². The summed E-state index contributed by atoms with van der Waals surface area (Å²) in [6.07, 6.45) is 5.53. The maximum atomic E-state index is 11.7. The van der Waals surface area contributed by atoms with Crippen LogP contribution in [0.15, 0.2) is 30.3 Å². The third kappa shape index (κ3) is 3.40. The highest BCUT2D eigenvalue weighted by Crippen LogP contribution is 2.22. The van der Waals surface area contributed by atoms with Crippen LogP contribution < -0.4 is 0 Å². The number of carbonyl (C=O) groups excluding carboxylic acids is 1. The van der Waals surface area contributed by atoms with Gasteiger partial charge in [0.05, 0.1) is 6.67 Å². The molecule has 0 atom stereocenters. The molecule has 2 saturated heterocycles. The van der Waals surface area contributed by atoms with Crippen molar-refractivity contribution in [2.24, 2.45) is 5.92 Å². The second-order valence-electron chi connectivity index (χ2n) is 6.15. The van der Waals surface area contributed by atoms with Crippen molar-refractivity contribution in [3.05, 3.63) is 35.9 Å². The number of hydrogen-bond acceptors (Lipinski definition) is 2. The van der Waals surface area contributed by atoms with Gasteiger partial charge in [0.15, 0.2) is 0 Å². The first kappa shape index (κ1) is 13.6. The van der Waals surface area contributed by atoms with Gasteiger partial charge in [-0.15, -0.1) is 0 Å². The van der Waals surface area contributed by atoms with Gasteiger partial charge in [0, 0.05) is 26.1 Å². The molecular formula is C17H24N2O. The monoisotopic (exact) mass is 272 g/mol. The van der Waals surface area contributed by atoms with Gasteiger partial charge < -0.3 is 4.90 Å². The molecule has 1 aromatic rings. The molecule has 3 nitrogen and oxygen atoms in total. The summed E-state index contributed by atoms with van der Waals surface area (Å²) < 4.78 is 0. The molecule has 2 aliphatic heterocycles. The molecule has 0 bridgehead atoms. The van der Waals surface area contributed by atoms with Crippen LogP contribution in [0.3, 0.4) is 0 Å². The Morgan fingerprint density at radius 1 is 1.05 bits per heavy atom. The zero-order valence-electron chi connectivity index (χ0n) is 12.1. The summed E-state index contributed by atoms with van der Waals surface area (Å²) in [5.41, 5.74) is 1.46. The molecule has 0 N–H and O–H groups in total. The molecule has 0 aromatic heterocycles. The van der Waals surface area contributed by atoms with Crippen molar-refractivity contribution >= 4 is 5.91 Å². The van der Waals surface area contributed by atoms with E-state index in [0.717, 1.165) is 45.1 Å². The third-order valence-electron chi connectivity index (χ3n) is 4.62. The average molecular weight is 272 g/mol. The van der Waals surface area contributed by atoms with Crippen LogP contribution >= 0.6 is 0 Å². The fourth-order valence-electron chi connectivity index (χ4n) is 3.37. The van der Waals surface area contributed by atoms with Crippen molar-refractivity contribution in [1.82, 2.24) is 9.80 Å². The van der Waals surface area contributed by atoms with Crippen LogP contribution in [0.2, 0.25) is 0 Å². The summed E-state index contributed by atoms with van der Waals surface area (Å²) in [6, 6.07) is 10.8. The zero-order chi connectivity index (χ0) is 13.8. The summed E-state index contributed by atoms with van der Waals surface area (Å²) in [5, 5.41) is 0. The molecule has 0 saturated carbocycles. The van der Waals surface area contributed by atoms with E-state index in [4.69, 9.17) is 0 Å². The quantitative estimate of drug-likeness (QED) is 0.841. The van der Waals surface area contributed by atoms with Crippen LogP contribution in [0.5, 0.6) is 0 Å². The van der Waals surface area contributed by atoms with Crippen molar-refractivity contribution < 1.29 is 4.79 Å². The smallest absolute Gasteiger partial charge is 0.223 e. The molecule has 2 heterocycles. The lowest BCUT2D eigenvalue weighted by atomic mass is 9.90. The van der Waals surface area contributed by atoms with Crippen molar-refractivity contribution in [3.8, 4) is 0 Å². The van der Waals surface area contributed by atoms with Gasteiger partial charge in [0.2, 0.25) is 5.91 Å². The second kappa shape index (κ2) is 6.40. The van der Waals surface area contributed by atoms with Crippen molar-refractivity contribution in [2.75, 3.05) is 26.3 Å². The Hall–Kier alpha value is -1.35. The van der Waals surface area contributed by atoms with Crippen molar-refractivity contribution in [2.45, 2.75) is 32.1 Å². The topological polar surface area (TPSA) is 23.6 Å². The van der Waals surface area contributed by atoms with E-state index in [1.54, 1.807) is 0 Å². The van der Waals surface area contributed by atoms with Crippen LogP contribution in [0.4, 0.5) is 0 Å². The van der Waals surface area contributed by atoms with Crippen molar-refractivity contribution in [1.29, 1.82) is 0 Å². The average Bonchev–Trinajstić information content (AvgIpc) is 2.88. The summed E-state index contributed by atoms with van der Waals surface area (Å²) in [7, 11) is 0. The molecule has 3 rings (SSSR count). The largest absolute Gasteiger partial charge is 0.330 e. The second-order valence-corrected chi connectivity index (χ2v) is 6.15. The maximum absolute atomic E-state index is 11.7. The number of carbonyl (C=O) groups is 1. The van der Waals surface area contributed by atoms with Gasteiger partial charge >= 0.3 is 0 Å². The van der Waals surface area contributed by atoms with E-state index >= 15 is 0 Å². The lowest BCUT2D eigenvalue weighted by molar-refractivity contribution is -0.129. The molecule has 1 amide bonds. The normalized spacial score (nSPS) is 21.6. The van der Waals surface area contributed by atoms with Crippen LogP contribution in [-0.2, 0) is 11.2 Å². The lowest BCUT2D eigenvalue weighted by Gasteiger charge is -2.34. The highest BCUT2D eigenvalue weighted by Gasteiger charge is 2.25. The maximum Gasteiger partial charge on any atom is 0.223 e. The molecule has 0 spiro atoms. The van der Waals surface area contributed by atoms with E-state index in [1.807, 2.05) is 4.90 Å². The van der Waals surface area contributed by atoms with Gasteiger partial charge in [-0.2, -0.15) is 0 Å². The number of rotatable bonds is 4. The van der Waals surface area contributed by atoms with E-state index in [1.165, 1.54) is 24.8 Å². The fourth-order valence-corrected chi connectivity index (χ4v) is 3.37. The number of hydrogen-bond donors (Lipinski definition) is 0. The Balaban J connectivity index is 1.44. The van der Waals surface area contributed by atoms with Crippen LogP contribution in [0.25, 0.3) is 0 Å². The predicted molar refractivity (Wildman–Crippen MR) is 80.3 cm³/mol. The standard InChI is InChI=1S/C17H24N2O/c20-17-7-4-10-19(17)14-18-11-8-16(9-12-18)13-15-5-2-1-3-6-15/h1-3,5-6,16H,4,7-14H2. The minimum absolute atomic E-state index is 0.344. The zero-order valence-corrected chi connectivity index (χ0v) is 12.1. The Morgan fingerprint density at radius 2 is 1.80 bits per heavy atom. The first-order valence-electron chi connectivity index (χ1n) is 7.85. The number of amides is 1. The molecule has 0 aliphatic carbocycles.